The van der Waals surface area contributed by atoms with Crippen molar-refractivity contribution in [1.82, 2.24) is 5.32 Å². The minimum absolute atomic E-state index is 0.526. The van der Waals surface area contributed by atoms with E-state index in [1.54, 1.807) is 0 Å². The molecule has 1 aliphatic rings. The van der Waals surface area contributed by atoms with Crippen molar-refractivity contribution >= 4 is 0 Å². The highest BCUT2D eigenvalue weighted by Gasteiger charge is 2.24. The molecule has 0 amide bonds. The number of methoxy groups -OCH3 is 1. The maximum atomic E-state index is 5.53. The average molecular weight is 199 g/mol. The largest absolute Gasteiger partial charge is 0.381 e. The fraction of sp³-hybridized carbons (Fsp3) is 1.00. The topological polar surface area (TPSA) is 21.3 Å². The van der Waals surface area contributed by atoms with Crippen LogP contribution in [-0.2, 0) is 4.74 Å². The van der Waals surface area contributed by atoms with Crippen molar-refractivity contribution < 1.29 is 4.74 Å². The molecule has 84 valence electrons. The fourth-order valence-corrected chi connectivity index (χ4v) is 2.37. The van der Waals surface area contributed by atoms with Gasteiger partial charge in [0.15, 0.2) is 0 Å². The van der Waals surface area contributed by atoms with E-state index in [0.29, 0.717) is 12.1 Å². The van der Waals surface area contributed by atoms with Gasteiger partial charge in [0.25, 0.3) is 0 Å². The Kier molecular flexibility index (Phi) is 5.49. The first-order chi connectivity index (χ1) is 6.74. The van der Waals surface area contributed by atoms with E-state index in [9.17, 15) is 0 Å². The van der Waals surface area contributed by atoms with Gasteiger partial charge in [-0.1, -0.05) is 26.7 Å². The second-order valence-corrected chi connectivity index (χ2v) is 4.72. The summed E-state index contributed by atoms with van der Waals surface area (Å²) in [6.07, 6.45) is 7.18. The monoisotopic (exact) mass is 199 g/mol. The third kappa shape index (κ3) is 3.97. The summed E-state index contributed by atoms with van der Waals surface area (Å²) < 4.78 is 5.53. The molecule has 0 radical (unpaired) electrons. The Bertz CT molecular complexity index is 147. The molecule has 1 rings (SSSR count). The molecule has 1 N–H and O–H groups in total. The van der Waals surface area contributed by atoms with Crippen molar-refractivity contribution in [3.8, 4) is 0 Å². The molecule has 1 aliphatic carbocycles. The summed E-state index contributed by atoms with van der Waals surface area (Å²) in [6, 6.07) is 0.611. The first-order valence-electron chi connectivity index (χ1n) is 6.00. The van der Waals surface area contributed by atoms with Gasteiger partial charge >= 0.3 is 0 Å². The van der Waals surface area contributed by atoms with Crippen molar-refractivity contribution in [2.45, 2.75) is 58.1 Å². The summed E-state index contributed by atoms with van der Waals surface area (Å²) in [5, 5.41) is 3.48. The van der Waals surface area contributed by atoms with E-state index in [0.717, 1.165) is 12.5 Å². The molecule has 2 heteroatoms. The molecule has 14 heavy (non-hydrogen) atoms. The molecule has 2 unspecified atom stereocenters. The van der Waals surface area contributed by atoms with Crippen LogP contribution in [-0.4, -0.2) is 25.8 Å². The Morgan fingerprint density at radius 1 is 1.29 bits per heavy atom. The van der Waals surface area contributed by atoms with Crippen molar-refractivity contribution in [2.24, 2.45) is 5.92 Å². The summed E-state index contributed by atoms with van der Waals surface area (Å²) >= 11 is 0. The molecule has 0 aliphatic heterocycles. The lowest BCUT2D eigenvalue weighted by atomic mass is 9.84. The Morgan fingerprint density at radius 3 is 2.64 bits per heavy atom. The van der Waals surface area contributed by atoms with Gasteiger partial charge in [-0.05, 0) is 31.7 Å². The maximum Gasteiger partial charge on any atom is 0.0600 e. The van der Waals surface area contributed by atoms with Crippen LogP contribution in [0.25, 0.3) is 0 Å². The maximum absolute atomic E-state index is 5.53. The van der Waals surface area contributed by atoms with Crippen LogP contribution in [0.5, 0.6) is 0 Å². The molecule has 0 heterocycles. The van der Waals surface area contributed by atoms with Gasteiger partial charge in [0.2, 0.25) is 0 Å². The third-order valence-electron chi connectivity index (χ3n) is 3.21. The van der Waals surface area contributed by atoms with Crippen LogP contribution in [0.2, 0.25) is 0 Å². The van der Waals surface area contributed by atoms with Gasteiger partial charge in [0.05, 0.1) is 6.10 Å². The number of nitrogens with one attached hydrogen (secondary N) is 1. The van der Waals surface area contributed by atoms with Gasteiger partial charge in [0, 0.05) is 13.2 Å². The molecular weight excluding hydrogens is 174 g/mol. The van der Waals surface area contributed by atoms with Crippen molar-refractivity contribution in [3.05, 3.63) is 0 Å². The summed E-state index contributed by atoms with van der Waals surface area (Å²) in [7, 11) is 1.86. The van der Waals surface area contributed by atoms with Crippen LogP contribution < -0.4 is 5.32 Å². The van der Waals surface area contributed by atoms with E-state index < -0.39 is 0 Å². The van der Waals surface area contributed by atoms with Crippen molar-refractivity contribution in [2.75, 3.05) is 13.7 Å². The van der Waals surface area contributed by atoms with Gasteiger partial charge < -0.3 is 10.1 Å². The van der Waals surface area contributed by atoms with E-state index in [2.05, 4.69) is 19.2 Å². The lowest BCUT2D eigenvalue weighted by molar-refractivity contribution is 0.0204. The normalized spacial score (nSPS) is 28.3. The summed E-state index contributed by atoms with van der Waals surface area (Å²) in [5.41, 5.74) is 0. The molecule has 0 aromatic heterocycles. The van der Waals surface area contributed by atoms with E-state index in [1.807, 2.05) is 7.11 Å². The lowest BCUT2D eigenvalue weighted by Gasteiger charge is -2.30. The van der Waals surface area contributed by atoms with Gasteiger partial charge in [0.1, 0.15) is 0 Å². The Balaban J connectivity index is 2.19. The highest BCUT2D eigenvalue weighted by Crippen LogP contribution is 2.28. The van der Waals surface area contributed by atoms with E-state index >= 15 is 0 Å². The van der Waals surface area contributed by atoms with Crippen LogP contribution in [0.15, 0.2) is 0 Å². The first kappa shape index (κ1) is 12.0. The minimum Gasteiger partial charge on any atom is -0.381 e. The quantitative estimate of drug-likeness (QED) is 0.735. The second-order valence-electron chi connectivity index (χ2n) is 4.72. The zero-order valence-corrected chi connectivity index (χ0v) is 9.88. The third-order valence-corrected chi connectivity index (χ3v) is 3.21. The minimum atomic E-state index is 0.526. The highest BCUT2D eigenvalue weighted by atomic mass is 16.5. The molecule has 0 aromatic rings. The summed E-state index contributed by atoms with van der Waals surface area (Å²) in [4.78, 5) is 0. The molecule has 2 nitrogen and oxygen atoms in total. The SMILES string of the molecule is COC1CCCCC1CCNC(C)C. The molecule has 2 atom stereocenters. The zero-order valence-electron chi connectivity index (χ0n) is 9.88. The number of ether oxygens (including phenoxy) is 1. The molecule has 1 saturated carbocycles. The Labute approximate surface area is 88.4 Å². The van der Waals surface area contributed by atoms with Crippen molar-refractivity contribution in [1.29, 1.82) is 0 Å². The smallest absolute Gasteiger partial charge is 0.0600 e. The first-order valence-corrected chi connectivity index (χ1v) is 6.00. The van der Waals surface area contributed by atoms with Crippen LogP contribution in [0, 0.1) is 5.92 Å². The predicted molar refractivity (Wildman–Crippen MR) is 60.5 cm³/mol. The lowest BCUT2D eigenvalue weighted by Crippen LogP contribution is -2.31. The number of hydrogen-bond acceptors (Lipinski definition) is 2. The molecule has 1 fully saturated rings. The standard InChI is InChI=1S/C12H25NO/c1-10(2)13-9-8-11-6-4-5-7-12(11)14-3/h10-13H,4-9H2,1-3H3. The van der Waals surface area contributed by atoms with E-state index in [-0.39, 0.29) is 0 Å². The van der Waals surface area contributed by atoms with Crippen LogP contribution >= 0.6 is 0 Å². The van der Waals surface area contributed by atoms with Crippen LogP contribution in [0.3, 0.4) is 0 Å². The van der Waals surface area contributed by atoms with E-state index in [1.165, 1.54) is 32.1 Å². The average Bonchev–Trinajstić information content (AvgIpc) is 2.18. The summed E-state index contributed by atoms with van der Waals surface area (Å²) in [5.74, 6) is 0.792. The van der Waals surface area contributed by atoms with Gasteiger partial charge in [-0.2, -0.15) is 0 Å². The fourth-order valence-electron chi connectivity index (χ4n) is 2.37. The van der Waals surface area contributed by atoms with Gasteiger partial charge in [-0.25, -0.2) is 0 Å². The summed E-state index contributed by atoms with van der Waals surface area (Å²) in [6.45, 7) is 5.55. The zero-order chi connectivity index (χ0) is 10.4. The number of hydrogen-bond donors (Lipinski definition) is 1. The molecule has 0 aromatic carbocycles. The predicted octanol–water partition coefficient (Wildman–Crippen LogP) is 2.58. The molecule has 0 bridgehead atoms. The van der Waals surface area contributed by atoms with Crippen molar-refractivity contribution in [3.63, 3.8) is 0 Å². The number of rotatable bonds is 5. The highest BCUT2D eigenvalue weighted by molar-refractivity contribution is 4.76. The second kappa shape index (κ2) is 6.41. The molecule has 0 saturated heterocycles. The van der Waals surface area contributed by atoms with E-state index in [4.69, 9.17) is 4.74 Å². The van der Waals surface area contributed by atoms with Crippen LogP contribution in [0.4, 0.5) is 0 Å². The van der Waals surface area contributed by atoms with Gasteiger partial charge in [-0.3, -0.25) is 0 Å². The Morgan fingerprint density at radius 2 is 2.00 bits per heavy atom. The van der Waals surface area contributed by atoms with Crippen LogP contribution in [0.1, 0.15) is 46.0 Å². The molecular formula is C12H25NO. The van der Waals surface area contributed by atoms with Gasteiger partial charge in [-0.15, -0.1) is 0 Å². The molecule has 0 spiro atoms. The Hall–Kier alpha value is -0.0800.